The van der Waals surface area contributed by atoms with Gasteiger partial charge in [-0.25, -0.2) is 0 Å². The molecule has 3 nitrogen and oxygen atoms in total. The Hall–Kier alpha value is -1.68. The van der Waals surface area contributed by atoms with Gasteiger partial charge in [0.15, 0.2) is 5.78 Å². The van der Waals surface area contributed by atoms with E-state index >= 15 is 0 Å². The second-order valence-corrected chi connectivity index (χ2v) is 4.99. The zero-order valence-electron chi connectivity index (χ0n) is 10.6. The van der Waals surface area contributed by atoms with Crippen LogP contribution in [-0.4, -0.2) is 17.9 Å². The molecule has 19 heavy (non-hydrogen) atoms. The molecule has 0 saturated heterocycles. The minimum Gasteiger partial charge on any atom is -0.496 e. The third kappa shape index (κ3) is 3.64. The molecule has 1 aromatic carbocycles. The molecule has 4 heteroatoms. The first-order valence-electron chi connectivity index (χ1n) is 5.96. The van der Waals surface area contributed by atoms with Crippen LogP contribution in [0.15, 0.2) is 47.2 Å². The van der Waals surface area contributed by atoms with Crippen molar-refractivity contribution in [3.8, 4) is 5.75 Å². The van der Waals surface area contributed by atoms with E-state index < -0.39 is 0 Å². The van der Waals surface area contributed by atoms with Gasteiger partial charge in [-0.1, -0.05) is 6.07 Å². The second-order valence-electron chi connectivity index (χ2n) is 4.13. The number of ether oxygens (including phenoxy) is 1. The average Bonchev–Trinajstić information content (AvgIpc) is 2.46. The van der Waals surface area contributed by atoms with Crippen LogP contribution in [0.1, 0.15) is 22.3 Å². The Kier molecular flexibility index (Phi) is 4.68. The number of carbonyl (C=O) groups is 1. The number of rotatable bonds is 5. The SMILES string of the molecule is COc1ccc(CCC(=O)c2cccnc2)cc1Br. The molecular formula is C15H14BrNO2. The molecule has 0 atom stereocenters. The highest BCUT2D eigenvalue weighted by Crippen LogP contribution is 2.26. The fourth-order valence-corrected chi connectivity index (χ4v) is 2.38. The lowest BCUT2D eigenvalue weighted by Crippen LogP contribution is -2.01. The maximum absolute atomic E-state index is 11.9. The van der Waals surface area contributed by atoms with Crippen LogP contribution in [0.3, 0.4) is 0 Å². The number of carbonyl (C=O) groups excluding carboxylic acids is 1. The Balaban J connectivity index is 1.99. The van der Waals surface area contributed by atoms with E-state index in [4.69, 9.17) is 4.74 Å². The van der Waals surface area contributed by atoms with Crippen LogP contribution in [-0.2, 0) is 6.42 Å². The van der Waals surface area contributed by atoms with E-state index in [1.54, 1.807) is 31.6 Å². The van der Waals surface area contributed by atoms with Gasteiger partial charge in [-0.2, -0.15) is 0 Å². The van der Waals surface area contributed by atoms with Crippen molar-refractivity contribution in [3.05, 3.63) is 58.3 Å². The maximum Gasteiger partial charge on any atom is 0.164 e. The van der Waals surface area contributed by atoms with E-state index in [0.717, 1.165) is 15.8 Å². The minimum atomic E-state index is 0.111. The van der Waals surface area contributed by atoms with E-state index in [0.29, 0.717) is 18.4 Å². The van der Waals surface area contributed by atoms with Crippen LogP contribution in [0.25, 0.3) is 0 Å². The molecule has 1 aromatic heterocycles. The number of aryl methyl sites for hydroxylation is 1. The molecule has 0 bridgehead atoms. The molecule has 0 spiro atoms. The van der Waals surface area contributed by atoms with Crippen molar-refractivity contribution in [2.75, 3.05) is 7.11 Å². The largest absolute Gasteiger partial charge is 0.496 e. The number of ketones is 1. The number of pyridine rings is 1. The molecule has 0 N–H and O–H groups in total. The summed E-state index contributed by atoms with van der Waals surface area (Å²) in [5.74, 6) is 0.905. The van der Waals surface area contributed by atoms with Crippen LogP contribution in [0.2, 0.25) is 0 Å². The first kappa shape index (κ1) is 13.7. The molecule has 2 aromatic rings. The number of hydrogen-bond donors (Lipinski definition) is 0. The topological polar surface area (TPSA) is 39.2 Å². The normalized spacial score (nSPS) is 10.2. The molecule has 0 aliphatic carbocycles. The number of Topliss-reactive ketones (excluding diaryl/α,β-unsaturated/α-hetero) is 1. The molecule has 0 saturated carbocycles. The summed E-state index contributed by atoms with van der Waals surface area (Å²) in [6.07, 6.45) is 4.45. The molecule has 98 valence electrons. The van der Waals surface area contributed by atoms with E-state index in [1.165, 1.54) is 0 Å². The molecule has 2 rings (SSSR count). The van der Waals surface area contributed by atoms with Gasteiger partial charge in [-0.05, 0) is 52.2 Å². The monoisotopic (exact) mass is 319 g/mol. The van der Waals surface area contributed by atoms with Gasteiger partial charge in [-0.15, -0.1) is 0 Å². The zero-order chi connectivity index (χ0) is 13.7. The highest BCUT2D eigenvalue weighted by Gasteiger charge is 2.07. The Bertz CT molecular complexity index is 570. The number of aromatic nitrogens is 1. The summed E-state index contributed by atoms with van der Waals surface area (Å²) in [7, 11) is 1.63. The molecule has 0 amide bonds. The zero-order valence-corrected chi connectivity index (χ0v) is 12.2. The van der Waals surface area contributed by atoms with Gasteiger partial charge in [0.2, 0.25) is 0 Å². The van der Waals surface area contributed by atoms with Crippen molar-refractivity contribution in [1.82, 2.24) is 4.98 Å². The fourth-order valence-electron chi connectivity index (χ4n) is 1.80. The van der Waals surface area contributed by atoms with Gasteiger partial charge in [0, 0.05) is 24.4 Å². The van der Waals surface area contributed by atoms with Gasteiger partial charge in [0.1, 0.15) is 5.75 Å². The summed E-state index contributed by atoms with van der Waals surface area (Å²) in [6, 6.07) is 9.42. The first-order valence-corrected chi connectivity index (χ1v) is 6.75. The molecule has 0 aliphatic rings. The van der Waals surface area contributed by atoms with Crippen molar-refractivity contribution < 1.29 is 9.53 Å². The molecule has 0 unspecified atom stereocenters. The third-order valence-electron chi connectivity index (χ3n) is 2.84. The fraction of sp³-hybridized carbons (Fsp3) is 0.200. The van der Waals surface area contributed by atoms with Crippen LogP contribution in [0.5, 0.6) is 5.75 Å². The van der Waals surface area contributed by atoms with Crippen LogP contribution in [0.4, 0.5) is 0 Å². The highest BCUT2D eigenvalue weighted by molar-refractivity contribution is 9.10. The van der Waals surface area contributed by atoms with Gasteiger partial charge in [0.25, 0.3) is 0 Å². The summed E-state index contributed by atoms with van der Waals surface area (Å²) >= 11 is 3.44. The van der Waals surface area contributed by atoms with Gasteiger partial charge in [-0.3, -0.25) is 9.78 Å². The quantitative estimate of drug-likeness (QED) is 0.789. The number of halogens is 1. The van der Waals surface area contributed by atoms with E-state index in [2.05, 4.69) is 20.9 Å². The molecule has 1 heterocycles. The predicted molar refractivity (Wildman–Crippen MR) is 77.6 cm³/mol. The Morgan fingerprint density at radius 2 is 2.21 bits per heavy atom. The lowest BCUT2D eigenvalue weighted by molar-refractivity contribution is 0.0982. The number of benzene rings is 1. The summed E-state index contributed by atoms with van der Waals surface area (Å²) in [5.41, 5.74) is 1.76. The lowest BCUT2D eigenvalue weighted by Gasteiger charge is -2.06. The van der Waals surface area contributed by atoms with E-state index in [-0.39, 0.29) is 5.78 Å². The molecular weight excluding hydrogens is 306 g/mol. The van der Waals surface area contributed by atoms with Crippen LogP contribution >= 0.6 is 15.9 Å². The number of methoxy groups -OCH3 is 1. The third-order valence-corrected chi connectivity index (χ3v) is 3.46. The summed E-state index contributed by atoms with van der Waals surface area (Å²) in [5, 5.41) is 0. The molecule has 0 fully saturated rings. The standard InChI is InChI=1S/C15H14BrNO2/c1-19-15-7-5-11(9-13(15)16)4-6-14(18)12-3-2-8-17-10-12/h2-3,5,7-10H,4,6H2,1H3. The van der Waals surface area contributed by atoms with E-state index in [9.17, 15) is 4.79 Å². The lowest BCUT2D eigenvalue weighted by atomic mass is 10.0. The maximum atomic E-state index is 11.9. The van der Waals surface area contributed by atoms with E-state index in [1.807, 2.05) is 18.2 Å². The highest BCUT2D eigenvalue weighted by atomic mass is 79.9. The Labute approximate surface area is 120 Å². The van der Waals surface area contributed by atoms with Gasteiger partial charge < -0.3 is 4.74 Å². The van der Waals surface area contributed by atoms with Crippen molar-refractivity contribution in [3.63, 3.8) is 0 Å². The predicted octanol–water partition coefficient (Wildman–Crippen LogP) is 3.67. The summed E-state index contributed by atoms with van der Waals surface area (Å²) in [6.45, 7) is 0. The molecule has 0 aliphatic heterocycles. The van der Waals surface area contributed by atoms with Crippen molar-refractivity contribution >= 4 is 21.7 Å². The average molecular weight is 320 g/mol. The van der Waals surface area contributed by atoms with Gasteiger partial charge >= 0.3 is 0 Å². The first-order chi connectivity index (χ1) is 9.20. The van der Waals surface area contributed by atoms with Crippen LogP contribution in [0, 0.1) is 0 Å². The summed E-state index contributed by atoms with van der Waals surface area (Å²) in [4.78, 5) is 15.9. The minimum absolute atomic E-state index is 0.111. The van der Waals surface area contributed by atoms with Gasteiger partial charge in [0.05, 0.1) is 11.6 Å². The number of nitrogens with zero attached hydrogens (tertiary/aromatic N) is 1. The van der Waals surface area contributed by atoms with Crippen molar-refractivity contribution in [1.29, 1.82) is 0 Å². The second kappa shape index (κ2) is 6.48. The van der Waals surface area contributed by atoms with Crippen LogP contribution < -0.4 is 4.74 Å². The molecule has 0 radical (unpaired) electrons. The smallest absolute Gasteiger partial charge is 0.164 e. The Morgan fingerprint density at radius 1 is 1.37 bits per heavy atom. The van der Waals surface area contributed by atoms with Crippen molar-refractivity contribution in [2.24, 2.45) is 0 Å². The number of hydrogen-bond acceptors (Lipinski definition) is 3. The van der Waals surface area contributed by atoms with Crippen molar-refractivity contribution in [2.45, 2.75) is 12.8 Å². The summed E-state index contributed by atoms with van der Waals surface area (Å²) < 4.78 is 6.08. The Morgan fingerprint density at radius 3 is 2.84 bits per heavy atom.